The summed E-state index contributed by atoms with van der Waals surface area (Å²) in [6.45, 7) is 2.57. The maximum absolute atomic E-state index is 11.4. The minimum Gasteiger partial charge on any atom is -0.478 e. The van der Waals surface area contributed by atoms with E-state index in [-0.39, 0.29) is 18.0 Å². The monoisotopic (exact) mass is 302 g/mol. The normalized spacial score (nSPS) is 10.4. The molecule has 116 valence electrons. The van der Waals surface area contributed by atoms with E-state index in [1.807, 2.05) is 18.3 Å². The summed E-state index contributed by atoms with van der Waals surface area (Å²) in [4.78, 5) is 22.8. The number of aromatic carboxylic acids is 1. The number of nitrogens with zero attached hydrogens (tertiary/aromatic N) is 2. The van der Waals surface area contributed by atoms with E-state index in [1.165, 1.54) is 0 Å². The topological polar surface area (TPSA) is 81.4 Å². The summed E-state index contributed by atoms with van der Waals surface area (Å²) in [7, 11) is 0. The van der Waals surface area contributed by atoms with Crippen molar-refractivity contribution in [3.63, 3.8) is 0 Å². The molecule has 1 aromatic heterocycles. The Bertz CT molecular complexity index is 650. The first-order chi connectivity index (χ1) is 10.6. The van der Waals surface area contributed by atoms with Crippen LogP contribution in [0.5, 0.6) is 0 Å². The standard InChI is InChI=1S/C16H18N2O4/c1-2-22-15(19)7-6-13-5-4-12(10-14(13)16(20)21)11-18-9-3-8-17-18/h3-5,8-10H,2,6-7,11H2,1H3,(H,20,21). The van der Waals surface area contributed by atoms with Crippen molar-refractivity contribution >= 4 is 11.9 Å². The van der Waals surface area contributed by atoms with Crippen LogP contribution in [0.15, 0.2) is 36.7 Å². The van der Waals surface area contributed by atoms with E-state index in [0.29, 0.717) is 25.1 Å². The molecule has 1 N–H and O–H groups in total. The zero-order chi connectivity index (χ0) is 15.9. The first-order valence-electron chi connectivity index (χ1n) is 7.08. The van der Waals surface area contributed by atoms with E-state index in [4.69, 9.17) is 4.74 Å². The molecule has 1 aromatic carbocycles. The lowest BCUT2D eigenvalue weighted by molar-refractivity contribution is -0.143. The van der Waals surface area contributed by atoms with Gasteiger partial charge in [-0.1, -0.05) is 12.1 Å². The number of carbonyl (C=O) groups is 2. The molecule has 0 spiro atoms. The Hall–Kier alpha value is -2.63. The highest BCUT2D eigenvalue weighted by Crippen LogP contribution is 2.15. The Morgan fingerprint density at radius 2 is 2.18 bits per heavy atom. The molecule has 2 rings (SSSR count). The van der Waals surface area contributed by atoms with E-state index in [1.54, 1.807) is 29.9 Å². The predicted octanol–water partition coefficient (Wildman–Crippen LogP) is 2.13. The number of hydrogen-bond acceptors (Lipinski definition) is 4. The van der Waals surface area contributed by atoms with Gasteiger partial charge in [0.1, 0.15) is 0 Å². The molecule has 0 amide bonds. The van der Waals surface area contributed by atoms with Crippen LogP contribution in [0.4, 0.5) is 0 Å². The first-order valence-corrected chi connectivity index (χ1v) is 7.08. The van der Waals surface area contributed by atoms with Gasteiger partial charge >= 0.3 is 11.9 Å². The van der Waals surface area contributed by atoms with E-state index in [2.05, 4.69) is 5.10 Å². The molecule has 1 heterocycles. The number of carboxylic acid groups (broad SMARTS) is 1. The SMILES string of the molecule is CCOC(=O)CCc1ccc(Cn2cccn2)cc1C(=O)O. The highest BCUT2D eigenvalue weighted by Gasteiger charge is 2.13. The molecule has 0 fully saturated rings. The summed E-state index contributed by atoms with van der Waals surface area (Å²) in [5.74, 6) is -1.32. The lowest BCUT2D eigenvalue weighted by Gasteiger charge is -2.09. The Kier molecular flexibility index (Phi) is 5.30. The number of hydrogen-bond donors (Lipinski definition) is 1. The maximum atomic E-state index is 11.4. The van der Waals surface area contributed by atoms with Crippen LogP contribution in [-0.2, 0) is 22.5 Å². The smallest absolute Gasteiger partial charge is 0.335 e. The second kappa shape index (κ2) is 7.40. The molecule has 0 unspecified atom stereocenters. The summed E-state index contributed by atoms with van der Waals surface area (Å²) < 4.78 is 6.58. The molecule has 22 heavy (non-hydrogen) atoms. The minimum absolute atomic E-state index is 0.173. The molecule has 0 atom stereocenters. The van der Waals surface area contributed by atoms with Gasteiger partial charge in [0.2, 0.25) is 0 Å². The van der Waals surface area contributed by atoms with Crippen molar-refractivity contribution in [2.24, 2.45) is 0 Å². The molecule has 2 aromatic rings. The third-order valence-electron chi connectivity index (χ3n) is 3.21. The third-order valence-corrected chi connectivity index (χ3v) is 3.21. The molecular formula is C16H18N2O4. The summed E-state index contributed by atoms with van der Waals surface area (Å²) in [5, 5.41) is 13.4. The number of benzene rings is 1. The minimum atomic E-state index is -0.999. The van der Waals surface area contributed by atoms with Crippen molar-refractivity contribution in [3.8, 4) is 0 Å². The largest absolute Gasteiger partial charge is 0.478 e. The van der Waals surface area contributed by atoms with Gasteiger partial charge in [-0.25, -0.2) is 4.79 Å². The molecule has 0 aliphatic heterocycles. The van der Waals surface area contributed by atoms with Gasteiger partial charge in [-0.15, -0.1) is 0 Å². The molecule has 0 aliphatic carbocycles. The van der Waals surface area contributed by atoms with Crippen molar-refractivity contribution < 1.29 is 19.4 Å². The number of aryl methyl sites for hydroxylation is 1. The number of ether oxygens (including phenoxy) is 1. The fraction of sp³-hybridized carbons (Fsp3) is 0.312. The summed E-state index contributed by atoms with van der Waals surface area (Å²) in [5.41, 5.74) is 1.69. The Morgan fingerprint density at radius 3 is 2.82 bits per heavy atom. The van der Waals surface area contributed by atoms with Gasteiger partial charge in [-0.05, 0) is 36.6 Å². The van der Waals surface area contributed by atoms with Crippen LogP contribution in [-0.4, -0.2) is 33.4 Å². The molecule has 0 radical (unpaired) electrons. The summed E-state index contributed by atoms with van der Waals surface area (Å²) >= 11 is 0. The van der Waals surface area contributed by atoms with Crippen LogP contribution >= 0.6 is 0 Å². The zero-order valence-electron chi connectivity index (χ0n) is 12.4. The van der Waals surface area contributed by atoms with Gasteiger partial charge in [0, 0.05) is 18.8 Å². The second-order valence-electron chi connectivity index (χ2n) is 4.81. The van der Waals surface area contributed by atoms with Crippen LogP contribution in [0.3, 0.4) is 0 Å². The van der Waals surface area contributed by atoms with Gasteiger partial charge in [0.05, 0.1) is 18.7 Å². The van der Waals surface area contributed by atoms with Gasteiger partial charge < -0.3 is 9.84 Å². The summed E-state index contributed by atoms with van der Waals surface area (Å²) in [6.07, 6.45) is 4.01. The lowest BCUT2D eigenvalue weighted by atomic mass is 10.00. The highest BCUT2D eigenvalue weighted by atomic mass is 16.5. The Morgan fingerprint density at radius 1 is 1.36 bits per heavy atom. The van der Waals surface area contributed by atoms with E-state index < -0.39 is 5.97 Å². The van der Waals surface area contributed by atoms with Crippen LogP contribution in [0, 0.1) is 0 Å². The molecule has 0 saturated heterocycles. The van der Waals surface area contributed by atoms with Crippen LogP contribution in [0.2, 0.25) is 0 Å². The van der Waals surface area contributed by atoms with Gasteiger partial charge in [-0.3, -0.25) is 9.48 Å². The van der Waals surface area contributed by atoms with E-state index in [0.717, 1.165) is 5.56 Å². The molecular weight excluding hydrogens is 284 g/mol. The van der Waals surface area contributed by atoms with E-state index >= 15 is 0 Å². The zero-order valence-corrected chi connectivity index (χ0v) is 12.4. The van der Waals surface area contributed by atoms with Gasteiger partial charge in [0.25, 0.3) is 0 Å². The van der Waals surface area contributed by atoms with E-state index in [9.17, 15) is 14.7 Å². The molecule has 6 nitrogen and oxygen atoms in total. The van der Waals surface area contributed by atoms with Crippen LogP contribution < -0.4 is 0 Å². The third kappa shape index (κ3) is 4.18. The highest BCUT2D eigenvalue weighted by molar-refractivity contribution is 5.89. The average molecular weight is 302 g/mol. The number of aromatic nitrogens is 2. The van der Waals surface area contributed by atoms with Crippen molar-refractivity contribution in [1.29, 1.82) is 0 Å². The molecule has 0 saturated carbocycles. The quantitative estimate of drug-likeness (QED) is 0.792. The average Bonchev–Trinajstić information content (AvgIpc) is 2.99. The van der Waals surface area contributed by atoms with Crippen molar-refractivity contribution in [2.45, 2.75) is 26.3 Å². The Balaban J connectivity index is 2.13. The number of carbonyl (C=O) groups excluding carboxylic acids is 1. The van der Waals surface area contributed by atoms with Crippen LogP contribution in [0.25, 0.3) is 0 Å². The Labute approximate surface area is 128 Å². The molecule has 0 aliphatic rings. The van der Waals surface area contributed by atoms with Gasteiger partial charge in [-0.2, -0.15) is 5.10 Å². The fourth-order valence-corrected chi connectivity index (χ4v) is 2.19. The number of carboxylic acids is 1. The van der Waals surface area contributed by atoms with Crippen molar-refractivity contribution in [2.75, 3.05) is 6.61 Å². The molecule has 6 heteroatoms. The lowest BCUT2D eigenvalue weighted by Crippen LogP contribution is -2.09. The van der Waals surface area contributed by atoms with Crippen molar-refractivity contribution in [3.05, 3.63) is 53.3 Å². The van der Waals surface area contributed by atoms with Crippen LogP contribution in [0.1, 0.15) is 34.8 Å². The van der Waals surface area contributed by atoms with Gasteiger partial charge in [0.15, 0.2) is 0 Å². The summed E-state index contributed by atoms with van der Waals surface area (Å²) in [6, 6.07) is 7.05. The predicted molar refractivity (Wildman–Crippen MR) is 79.7 cm³/mol. The second-order valence-corrected chi connectivity index (χ2v) is 4.81. The number of rotatable bonds is 7. The molecule has 0 bridgehead atoms. The number of esters is 1. The maximum Gasteiger partial charge on any atom is 0.335 e. The van der Waals surface area contributed by atoms with Crippen molar-refractivity contribution in [1.82, 2.24) is 9.78 Å². The first kappa shape index (κ1) is 15.8. The fourth-order valence-electron chi connectivity index (χ4n) is 2.19.